The number of rotatable bonds is 2. The summed E-state index contributed by atoms with van der Waals surface area (Å²) in [5.74, 6) is 0.952. The number of carbonyl (C=O) groups is 1. The first-order valence-corrected chi connectivity index (χ1v) is 8.56. The van der Waals surface area contributed by atoms with Gasteiger partial charge in [0.2, 0.25) is 5.91 Å². The van der Waals surface area contributed by atoms with Gasteiger partial charge in [-0.1, -0.05) is 36.4 Å². The normalized spacial score (nSPS) is 12.9. The first-order chi connectivity index (χ1) is 11.6. The molecule has 0 saturated heterocycles. The van der Waals surface area contributed by atoms with E-state index in [0.717, 1.165) is 33.2 Å². The van der Waals surface area contributed by atoms with E-state index < -0.39 is 5.92 Å². The molecule has 4 rings (SSSR count). The number of amides is 1. The summed E-state index contributed by atoms with van der Waals surface area (Å²) in [7, 11) is 0. The molecule has 0 bridgehead atoms. The summed E-state index contributed by atoms with van der Waals surface area (Å²) in [5.41, 5.74) is 2.69. The van der Waals surface area contributed by atoms with Crippen LogP contribution in [0.5, 0.6) is 11.5 Å². The second-order valence-corrected chi connectivity index (χ2v) is 6.96. The Bertz CT molecular complexity index is 868. The Hall–Kier alpha value is -2.66. The van der Waals surface area contributed by atoms with Crippen LogP contribution in [-0.2, 0) is 4.79 Å². The van der Waals surface area contributed by atoms with E-state index in [-0.39, 0.29) is 5.91 Å². The molecule has 1 aliphatic heterocycles. The quantitative estimate of drug-likeness (QED) is 0.742. The van der Waals surface area contributed by atoms with Gasteiger partial charge in [-0.2, -0.15) is 0 Å². The van der Waals surface area contributed by atoms with Gasteiger partial charge in [0.15, 0.2) is 5.13 Å². The third-order valence-corrected chi connectivity index (χ3v) is 5.19. The molecule has 0 radical (unpaired) electrons. The van der Waals surface area contributed by atoms with Crippen molar-refractivity contribution in [3.8, 4) is 11.5 Å². The van der Waals surface area contributed by atoms with Gasteiger partial charge in [0, 0.05) is 16.0 Å². The molecule has 1 amide bonds. The molecule has 24 heavy (non-hydrogen) atoms. The number of anilines is 1. The van der Waals surface area contributed by atoms with Crippen LogP contribution in [0.25, 0.3) is 0 Å². The zero-order valence-corrected chi connectivity index (χ0v) is 14.2. The van der Waals surface area contributed by atoms with Crippen LogP contribution in [-0.4, -0.2) is 10.9 Å². The van der Waals surface area contributed by atoms with Crippen LogP contribution in [0.3, 0.4) is 0 Å². The fourth-order valence-corrected chi connectivity index (χ4v) is 3.71. The van der Waals surface area contributed by atoms with E-state index in [4.69, 9.17) is 4.74 Å². The minimum atomic E-state index is -0.407. The minimum Gasteiger partial charge on any atom is -0.457 e. The number of fused-ring (bicyclic) bond motifs is 2. The number of benzene rings is 2. The third-order valence-electron chi connectivity index (χ3n) is 4.20. The van der Waals surface area contributed by atoms with E-state index in [9.17, 15) is 4.79 Å². The van der Waals surface area contributed by atoms with Crippen LogP contribution in [0.1, 0.15) is 27.6 Å². The number of ether oxygens (including phenoxy) is 1. The lowest BCUT2D eigenvalue weighted by atomic mass is 9.87. The number of hydrogen-bond acceptors (Lipinski definition) is 4. The van der Waals surface area contributed by atoms with Gasteiger partial charge in [0.1, 0.15) is 11.5 Å². The Kier molecular flexibility index (Phi) is 3.58. The first kappa shape index (κ1) is 14.9. The largest absolute Gasteiger partial charge is 0.457 e. The molecule has 0 atom stereocenters. The topological polar surface area (TPSA) is 51.2 Å². The highest BCUT2D eigenvalue weighted by atomic mass is 32.1. The van der Waals surface area contributed by atoms with Crippen molar-refractivity contribution in [2.45, 2.75) is 19.8 Å². The number of aryl methyl sites for hydroxylation is 2. The summed E-state index contributed by atoms with van der Waals surface area (Å²) in [6.07, 6.45) is 0. The molecule has 0 aliphatic carbocycles. The van der Waals surface area contributed by atoms with Gasteiger partial charge >= 0.3 is 0 Å². The molecule has 0 unspecified atom stereocenters. The number of nitrogens with one attached hydrogen (secondary N) is 1. The Balaban J connectivity index is 1.75. The average Bonchev–Trinajstić information content (AvgIpc) is 2.89. The molecular weight excluding hydrogens is 320 g/mol. The second kappa shape index (κ2) is 5.76. The monoisotopic (exact) mass is 336 g/mol. The van der Waals surface area contributed by atoms with E-state index in [2.05, 4.69) is 10.3 Å². The third kappa shape index (κ3) is 2.47. The van der Waals surface area contributed by atoms with E-state index in [1.54, 1.807) is 0 Å². The van der Waals surface area contributed by atoms with Crippen molar-refractivity contribution < 1.29 is 9.53 Å². The molecule has 2 heterocycles. The van der Waals surface area contributed by atoms with Crippen LogP contribution in [0.15, 0.2) is 48.5 Å². The summed E-state index contributed by atoms with van der Waals surface area (Å²) in [4.78, 5) is 18.5. The van der Waals surface area contributed by atoms with Gasteiger partial charge in [-0.3, -0.25) is 4.79 Å². The van der Waals surface area contributed by atoms with Crippen LogP contribution >= 0.6 is 11.3 Å². The second-order valence-electron chi connectivity index (χ2n) is 5.76. The molecule has 0 spiro atoms. The summed E-state index contributed by atoms with van der Waals surface area (Å²) in [5, 5.41) is 3.60. The average molecular weight is 336 g/mol. The molecule has 4 nitrogen and oxygen atoms in total. The molecule has 120 valence electrons. The van der Waals surface area contributed by atoms with Gasteiger partial charge in [0.25, 0.3) is 0 Å². The number of carbonyl (C=O) groups excluding carboxylic acids is 1. The zero-order valence-electron chi connectivity index (χ0n) is 13.4. The lowest BCUT2D eigenvalue weighted by Crippen LogP contribution is -2.25. The van der Waals surface area contributed by atoms with Crippen LogP contribution in [0, 0.1) is 13.8 Å². The van der Waals surface area contributed by atoms with Crippen LogP contribution < -0.4 is 10.1 Å². The molecule has 0 saturated carbocycles. The van der Waals surface area contributed by atoms with Crippen LogP contribution in [0.4, 0.5) is 5.13 Å². The van der Waals surface area contributed by atoms with Crippen molar-refractivity contribution in [2.24, 2.45) is 0 Å². The maximum absolute atomic E-state index is 13.0. The molecule has 1 aromatic heterocycles. The highest BCUT2D eigenvalue weighted by Gasteiger charge is 2.32. The molecule has 5 heteroatoms. The van der Waals surface area contributed by atoms with Gasteiger partial charge in [-0.15, -0.1) is 11.3 Å². The molecule has 0 fully saturated rings. The fraction of sp³-hybridized carbons (Fsp3) is 0.158. The summed E-state index contributed by atoms with van der Waals surface area (Å²) < 4.78 is 5.94. The van der Waals surface area contributed by atoms with Gasteiger partial charge in [-0.05, 0) is 26.0 Å². The number of para-hydroxylation sites is 2. The van der Waals surface area contributed by atoms with E-state index in [0.29, 0.717) is 5.13 Å². The van der Waals surface area contributed by atoms with E-state index in [1.807, 2.05) is 62.4 Å². The van der Waals surface area contributed by atoms with Crippen molar-refractivity contribution >= 4 is 22.4 Å². The maximum atomic E-state index is 13.0. The van der Waals surface area contributed by atoms with Crippen molar-refractivity contribution in [1.29, 1.82) is 0 Å². The Morgan fingerprint density at radius 1 is 1.04 bits per heavy atom. The Morgan fingerprint density at radius 2 is 1.62 bits per heavy atom. The van der Waals surface area contributed by atoms with Crippen molar-refractivity contribution in [3.63, 3.8) is 0 Å². The summed E-state index contributed by atoms with van der Waals surface area (Å²) in [6.45, 7) is 3.95. The lowest BCUT2D eigenvalue weighted by molar-refractivity contribution is -0.116. The molecule has 3 aromatic rings. The fourth-order valence-electron chi connectivity index (χ4n) is 2.90. The number of nitrogens with zero attached hydrogens (tertiary/aromatic N) is 1. The van der Waals surface area contributed by atoms with Gasteiger partial charge < -0.3 is 10.1 Å². The Morgan fingerprint density at radius 3 is 2.17 bits per heavy atom. The van der Waals surface area contributed by atoms with Crippen molar-refractivity contribution in [2.75, 3.05) is 5.32 Å². The number of hydrogen-bond donors (Lipinski definition) is 1. The van der Waals surface area contributed by atoms with Crippen LogP contribution in [0.2, 0.25) is 0 Å². The molecule has 1 N–H and O–H groups in total. The lowest BCUT2D eigenvalue weighted by Gasteiger charge is -2.27. The van der Waals surface area contributed by atoms with E-state index in [1.165, 1.54) is 11.3 Å². The highest BCUT2D eigenvalue weighted by molar-refractivity contribution is 7.15. The predicted octanol–water partition coefficient (Wildman–Crippen LogP) is 4.64. The maximum Gasteiger partial charge on any atom is 0.238 e. The molecule has 2 aromatic carbocycles. The van der Waals surface area contributed by atoms with Gasteiger partial charge in [0.05, 0.1) is 11.6 Å². The van der Waals surface area contributed by atoms with Gasteiger partial charge in [-0.25, -0.2) is 4.98 Å². The predicted molar refractivity (Wildman–Crippen MR) is 95.0 cm³/mol. The highest BCUT2D eigenvalue weighted by Crippen LogP contribution is 2.44. The molecular formula is C19H16N2O2S. The SMILES string of the molecule is Cc1nc(NC(=O)C2c3ccccc3Oc3ccccc32)sc1C. The van der Waals surface area contributed by atoms with E-state index >= 15 is 0 Å². The summed E-state index contributed by atoms with van der Waals surface area (Å²) >= 11 is 1.49. The van der Waals surface area contributed by atoms with Crippen molar-refractivity contribution in [3.05, 3.63) is 70.2 Å². The minimum absolute atomic E-state index is 0.0908. The Labute approximate surface area is 144 Å². The molecule has 1 aliphatic rings. The smallest absolute Gasteiger partial charge is 0.238 e. The standard InChI is InChI=1S/C19H16N2O2S/c1-11-12(2)24-19(20-11)21-18(22)17-13-7-3-5-9-15(13)23-16-10-6-4-8-14(16)17/h3-10,17H,1-2H3,(H,20,21,22). The number of aromatic nitrogens is 1. The first-order valence-electron chi connectivity index (χ1n) is 7.74. The summed E-state index contributed by atoms with van der Waals surface area (Å²) in [6, 6.07) is 15.3. The van der Waals surface area contributed by atoms with Crippen molar-refractivity contribution in [1.82, 2.24) is 4.98 Å². The number of thiazole rings is 1. The zero-order chi connectivity index (χ0) is 16.7.